The highest BCUT2D eigenvalue weighted by Gasteiger charge is 2.31. The summed E-state index contributed by atoms with van der Waals surface area (Å²) >= 11 is 0. The van der Waals surface area contributed by atoms with Crippen molar-refractivity contribution in [3.63, 3.8) is 0 Å². The standard InChI is InChI=1S/C22H16F3NO4/c23-22(24,25)20-11-10-15(14-26-20)5-4-12-29-18-8-1-2-9-19(18)30-17-7-3-6-16(13-17)21(27)28/h1-11,13-14H,12H2,(H,27,28)/b5-4+. The maximum atomic E-state index is 12.5. The third-order valence-electron chi connectivity index (χ3n) is 3.88. The van der Waals surface area contributed by atoms with Gasteiger partial charge in [-0.2, -0.15) is 13.2 Å². The predicted molar refractivity (Wildman–Crippen MR) is 104 cm³/mol. The molecule has 30 heavy (non-hydrogen) atoms. The van der Waals surface area contributed by atoms with Crippen molar-refractivity contribution < 1.29 is 32.5 Å². The highest BCUT2D eigenvalue weighted by atomic mass is 19.4. The molecule has 0 fully saturated rings. The fraction of sp³-hybridized carbons (Fsp3) is 0.0909. The normalized spacial score (nSPS) is 11.4. The Labute approximate surface area is 170 Å². The molecule has 5 nitrogen and oxygen atoms in total. The van der Waals surface area contributed by atoms with Crippen molar-refractivity contribution in [3.05, 3.63) is 89.8 Å². The maximum absolute atomic E-state index is 12.5. The van der Waals surface area contributed by atoms with Gasteiger partial charge < -0.3 is 14.6 Å². The highest BCUT2D eigenvalue weighted by Crippen LogP contribution is 2.31. The van der Waals surface area contributed by atoms with Crippen LogP contribution in [0.2, 0.25) is 0 Å². The van der Waals surface area contributed by atoms with Crippen LogP contribution in [0.3, 0.4) is 0 Å². The molecule has 0 bridgehead atoms. The second kappa shape index (κ2) is 9.13. The van der Waals surface area contributed by atoms with Crippen LogP contribution in [0.25, 0.3) is 6.08 Å². The number of alkyl halides is 3. The summed E-state index contributed by atoms with van der Waals surface area (Å²) in [6, 6.07) is 15.1. The van der Waals surface area contributed by atoms with Gasteiger partial charge in [0.2, 0.25) is 0 Å². The van der Waals surface area contributed by atoms with Crippen molar-refractivity contribution in [2.24, 2.45) is 0 Å². The number of carbonyl (C=O) groups is 1. The minimum atomic E-state index is -4.47. The first kappa shape index (κ1) is 20.9. The summed E-state index contributed by atoms with van der Waals surface area (Å²) in [5.41, 5.74) is -0.352. The van der Waals surface area contributed by atoms with E-state index in [0.717, 1.165) is 12.3 Å². The van der Waals surface area contributed by atoms with E-state index in [-0.39, 0.29) is 12.2 Å². The molecule has 0 saturated heterocycles. The molecule has 2 aromatic carbocycles. The first-order valence-corrected chi connectivity index (χ1v) is 8.76. The van der Waals surface area contributed by atoms with Crippen molar-refractivity contribution in [1.82, 2.24) is 4.98 Å². The molecule has 0 unspecified atom stereocenters. The number of carboxylic acids is 1. The lowest BCUT2D eigenvalue weighted by Crippen LogP contribution is -2.07. The zero-order valence-corrected chi connectivity index (χ0v) is 15.5. The third kappa shape index (κ3) is 5.60. The lowest BCUT2D eigenvalue weighted by Gasteiger charge is -2.11. The summed E-state index contributed by atoms with van der Waals surface area (Å²) in [7, 11) is 0. The Bertz CT molecular complexity index is 1050. The number of aromatic carboxylic acids is 1. The molecule has 0 aliphatic heterocycles. The van der Waals surface area contributed by atoms with Crippen LogP contribution in [0.15, 0.2) is 72.9 Å². The van der Waals surface area contributed by atoms with E-state index in [2.05, 4.69) is 4.98 Å². The first-order valence-electron chi connectivity index (χ1n) is 8.76. The summed E-state index contributed by atoms with van der Waals surface area (Å²) in [6.07, 6.45) is -0.121. The van der Waals surface area contributed by atoms with Crippen LogP contribution in [-0.2, 0) is 6.18 Å². The second-order valence-corrected chi connectivity index (χ2v) is 6.07. The average molecular weight is 415 g/mol. The Hall–Kier alpha value is -3.81. The van der Waals surface area contributed by atoms with E-state index in [1.807, 2.05) is 0 Å². The van der Waals surface area contributed by atoms with E-state index in [1.165, 1.54) is 18.2 Å². The van der Waals surface area contributed by atoms with Gasteiger partial charge in [0, 0.05) is 6.20 Å². The minimum absolute atomic E-state index is 0.0963. The monoisotopic (exact) mass is 415 g/mol. The van der Waals surface area contributed by atoms with Gasteiger partial charge in [-0.05, 0) is 48.0 Å². The van der Waals surface area contributed by atoms with Gasteiger partial charge in [-0.25, -0.2) is 4.79 Å². The number of hydrogen-bond acceptors (Lipinski definition) is 4. The molecule has 1 heterocycles. The fourth-order valence-electron chi connectivity index (χ4n) is 2.47. The van der Waals surface area contributed by atoms with Crippen LogP contribution in [0, 0.1) is 0 Å². The zero-order valence-electron chi connectivity index (χ0n) is 15.5. The van der Waals surface area contributed by atoms with Gasteiger partial charge in [-0.1, -0.05) is 30.3 Å². The molecule has 0 saturated carbocycles. The van der Waals surface area contributed by atoms with Crippen LogP contribution in [-0.4, -0.2) is 22.7 Å². The van der Waals surface area contributed by atoms with E-state index in [4.69, 9.17) is 14.6 Å². The van der Waals surface area contributed by atoms with Crippen molar-refractivity contribution in [1.29, 1.82) is 0 Å². The topological polar surface area (TPSA) is 68.7 Å². The summed E-state index contributed by atoms with van der Waals surface area (Å²) in [4.78, 5) is 14.5. The largest absolute Gasteiger partial charge is 0.486 e. The molecule has 3 aromatic rings. The first-order chi connectivity index (χ1) is 14.3. The van der Waals surface area contributed by atoms with Crippen molar-refractivity contribution in [2.45, 2.75) is 6.18 Å². The summed E-state index contributed by atoms with van der Waals surface area (Å²) < 4.78 is 49.0. The van der Waals surface area contributed by atoms with Crippen LogP contribution in [0.1, 0.15) is 21.6 Å². The number of carboxylic acid groups (broad SMARTS) is 1. The van der Waals surface area contributed by atoms with E-state index in [1.54, 1.807) is 48.6 Å². The van der Waals surface area contributed by atoms with Gasteiger partial charge in [0.25, 0.3) is 0 Å². The molecule has 0 amide bonds. The Morgan fingerprint density at radius 3 is 2.47 bits per heavy atom. The number of para-hydroxylation sites is 2. The van der Waals surface area contributed by atoms with E-state index < -0.39 is 17.8 Å². The number of pyridine rings is 1. The second-order valence-electron chi connectivity index (χ2n) is 6.07. The lowest BCUT2D eigenvalue weighted by molar-refractivity contribution is -0.141. The Morgan fingerprint density at radius 2 is 1.80 bits per heavy atom. The Kier molecular flexibility index (Phi) is 6.36. The number of halogens is 3. The van der Waals surface area contributed by atoms with Crippen molar-refractivity contribution in [2.75, 3.05) is 6.61 Å². The summed E-state index contributed by atoms with van der Waals surface area (Å²) in [5, 5.41) is 9.07. The van der Waals surface area contributed by atoms with E-state index in [0.29, 0.717) is 22.8 Å². The maximum Gasteiger partial charge on any atom is 0.433 e. The summed E-state index contributed by atoms with van der Waals surface area (Å²) in [5.74, 6) is 0.100. The third-order valence-corrected chi connectivity index (χ3v) is 3.88. The average Bonchev–Trinajstić information content (AvgIpc) is 2.72. The number of hydrogen-bond donors (Lipinski definition) is 1. The van der Waals surface area contributed by atoms with Gasteiger partial charge in [-0.3, -0.25) is 4.98 Å². The quantitative estimate of drug-likeness (QED) is 0.537. The molecular weight excluding hydrogens is 399 g/mol. The summed E-state index contributed by atoms with van der Waals surface area (Å²) in [6.45, 7) is 0.135. The molecular formula is C22H16F3NO4. The lowest BCUT2D eigenvalue weighted by atomic mass is 10.2. The van der Waals surface area contributed by atoms with Crippen LogP contribution in [0.5, 0.6) is 17.2 Å². The molecule has 0 spiro atoms. The van der Waals surface area contributed by atoms with E-state index >= 15 is 0 Å². The van der Waals surface area contributed by atoms with Crippen molar-refractivity contribution >= 4 is 12.0 Å². The zero-order chi connectivity index (χ0) is 21.6. The molecule has 0 radical (unpaired) electrons. The Morgan fingerprint density at radius 1 is 1.03 bits per heavy atom. The molecule has 0 aliphatic rings. The molecule has 3 rings (SSSR count). The molecule has 0 aliphatic carbocycles. The number of aromatic nitrogens is 1. The van der Waals surface area contributed by atoms with E-state index in [9.17, 15) is 18.0 Å². The van der Waals surface area contributed by atoms with Gasteiger partial charge in [0.05, 0.1) is 5.56 Å². The van der Waals surface area contributed by atoms with Crippen LogP contribution >= 0.6 is 0 Å². The van der Waals surface area contributed by atoms with Gasteiger partial charge >= 0.3 is 12.1 Å². The number of nitrogens with zero attached hydrogens (tertiary/aromatic N) is 1. The SMILES string of the molecule is O=C(O)c1cccc(Oc2ccccc2OC/C=C/c2ccc(C(F)(F)F)nc2)c1. The molecule has 154 valence electrons. The van der Waals surface area contributed by atoms with Crippen LogP contribution < -0.4 is 9.47 Å². The number of ether oxygens (including phenoxy) is 2. The predicted octanol–water partition coefficient (Wildman–Crippen LogP) is 5.68. The number of rotatable bonds is 7. The molecule has 1 aromatic heterocycles. The van der Waals surface area contributed by atoms with Crippen LogP contribution in [0.4, 0.5) is 13.2 Å². The Balaban J connectivity index is 1.63. The minimum Gasteiger partial charge on any atom is -0.486 e. The number of benzene rings is 2. The van der Waals surface area contributed by atoms with Gasteiger partial charge in [0.1, 0.15) is 18.1 Å². The highest BCUT2D eigenvalue weighted by molar-refractivity contribution is 5.88. The van der Waals surface area contributed by atoms with Gasteiger partial charge in [-0.15, -0.1) is 0 Å². The molecule has 8 heteroatoms. The van der Waals surface area contributed by atoms with Crippen molar-refractivity contribution in [3.8, 4) is 17.2 Å². The smallest absolute Gasteiger partial charge is 0.433 e. The van der Waals surface area contributed by atoms with Gasteiger partial charge in [0.15, 0.2) is 11.5 Å². The molecule has 1 N–H and O–H groups in total. The fourth-order valence-corrected chi connectivity index (χ4v) is 2.47. The molecule has 0 atom stereocenters.